The number of benzene rings is 2. The van der Waals surface area contributed by atoms with Gasteiger partial charge < -0.3 is 4.43 Å². The van der Waals surface area contributed by atoms with Crippen LogP contribution in [-0.4, -0.2) is 9.04 Å². The molecule has 21 heavy (non-hydrogen) atoms. The van der Waals surface area contributed by atoms with Crippen molar-refractivity contribution < 1.29 is 4.43 Å². The fraction of sp³-hybridized carbons (Fsp3) is 0.263. The first-order valence-corrected chi connectivity index (χ1v) is 9.33. The van der Waals surface area contributed by atoms with Gasteiger partial charge in [-0.2, -0.15) is 0 Å². The molecule has 1 unspecified atom stereocenters. The quantitative estimate of drug-likeness (QED) is 0.450. The normalized spacial score (nSPS) is 12.5. The van der Waals surface area contributed by atoms with Crippen molar-refractivity contribution in [2.45, 2.75) is 31.5 Å². The first-order valence-electron chi connectivity index (χ1n) is 7.51. The molecule has 0 spiro atoms. The summed E-state index contributed by atoms with van der Waals surface area (Å²) in [5.74, 6) is 0. The van der Waals surface area contributed by atoms with E-state index in [1.165, 1.54) is 16.3 Å². The highest BCUT2D eigenvalue weighted by molar-refractivity contribution is 6.53. The van der Waals surface area contributed by atoms with Crippen molar-refractivity contribution in [1.82, 2.24) is 0 Å². The predicted octanol–water partition coefficient (Wildman–Crippen LogP) is 5.67. The maximum Gasteiger partial charge on any atom is 0.220 e. The fourth-order valence-corrected chi connectivity index (χ4v) is 4.30. The summed E-state index contributed by atoms with van der Waals surface area (Å²) in [4.78, 5) is 0. The topological polar surface area (TPSA) is 9.23 Å². The summed E-state index contributed by atoms with van der Waals surface area (Å²) in [5, 5.41) is 2.57. The van der Waals surface area contributed by atoms with E-state index in [0.717, 1.165) is 18.5 Å². The average Bonchev–Trinajstić information content (AvgIpc) is 2.52. The second kappa shape index (κ2) is 7.96. The van der Waals surface area contributed by atoms with Crippen molar-refractivity contribution in [2.75, 3.05) is 0 Å². The van der Waals surface area contributed by atoms with Gasteiger partial charge >= 0.3 is 0 Å². The van der Waals surface area contributed by atoms with Crippen LogP contribution in [-0.2, 0) is 4.43 Å². The summed E-state index contributed by atoms with van der Waals surface area (Å²) in [6, 6.07) is 16.9. The number of fused-ring (bicyclic) bond motifs is 1. The van der Waals surface area contributed by atoms with E-state index in [-0.39, 0.29) is 6.10 Å². The minimum Gasteiger partial charge on any atom is -0.409 e. The van der Waals surface area contributed by atoms with Crippen LogP contribution in [0.2, 0.25) is 12.1 Å². The molecule has 109 valence electrons. The Morgan fingerprint density at radius 2 is 1.71 bits per heavy atom. The third kappa shape index (κ3) is 3.93. The van der Waals surface area contributed by atoms with Gasteiger partial charge in [-0.05, 0) is 34.8 Å². The molecule has 0 aromatic heterocycles. The molecule has 0 bridgehead atoms. The Hall–Kier alpha value is -1.64. The number of hydrogen-bond donors (Lipinski definition) is 0. The molecule has 2 aromatic carbocycles. The van der Waals surface area contributed by atoms with Crippen molar-refractivity contribution >= 4 is 19.8 Å². The summed E-state index contributed by atoms with van der Waals surface area (Å²) in [6.45, 7) is 9.89. The Bertz CT molecular complexity index is 590. The summed E-state index contributed by atoms with van der Waals surface area (Å²) in [5.41, 5.74) is 1.30. The summed E-state index contributed by atoms with van der Waals surface area (Å²) in [6.07, 6.45) is 5.07. The number of hydrogen-bond acceptors (Lipinski definition) is 1. The Balaban J connectivity index is 2.30. The standard InChI is InChI=1S/C19H23OSi/c1-4-14-21(15-5-2)20-19(6-3)18-13-9-11-16-10-7-8-12-17(16)18/h4-5,7-13,19H,1-2,6,14-15H2,3H3. The van der Waals surface area contributed by atoms with Crippen molar-refractivity contribution in [3.05, 3.63) is 73.3 Å². The Morgan fingerprint density at radius 1 is 1.05 bits per heavy atom. The summed E-state index contributed by atoms with van der Waals surface area (Å²) >= 11 is 0. The molecule has 0 N–H and O–H groups in total. The lowest BCUT2D eigenvalue weighted by atomic mass is 9.99. The highest BCUT2D eigenvalue weighted by Crippen LogP contribution is 2.30. The van der Waals surface area contributed by atoms with Crippen LogP contribution in [0, 0.1) is 0 Å². The molecule has 0 aliphatic rings. The van der Waals surface area contributed by atoms with Gasteiger partial charge in [0.2, 0.25) is 9.04 Å². The third-order valence-corrected chi connectivity index (χ3v) is 5.70. The van der Waals surface area contributed by atoms with E-state index in [0.29, 0.717) is 0 Å². The van der Waals surface area contributed by atoms with E-state index >= 15 is 0 Å². The molecule has 0 saturated heterocycles. The van der Waals surface area contributed by atoms with Crippen LogP contribution in [0.15, 0.2) is 67.8 Å². The lowest BCUT2D eigenvalue weighted by Crippen LogP contribution is -2.19. The van der Waals surface area contributed by atoms with Crippen molar-refractivity contribution in [1.29, 1.82) is 0 Å². The lowest BCUT2D eigenvalue weighted by molar-refractivity contribution is 0.203. The van der Waals surface area contributed by atoms with Crippen LogP contribution in [0.5, 0.6) is 0 Å². The van der Waals surface area contributed by atoms with E-state index in [4.69, 9.17) is 4.43 Å². The maximum absolute atomic E-state index is 6.43. The maximum atomic E-state index is 6.43. The molecular weight excluding hydrogens is 272 g/mol. The average molecular weight is 295 g/mol. The van der Waals surface area contributed by atoms with Gasteiger partial charge in [0.05, 0.1) is 6.10 Å². The molecule has 1 radical (unpaired) electrons. The van der Waals surface area contributed by atoms with E-state index in [1.807, 2.05) is 12.2 Å². The van der Waals surface area contributed by atoms with E-state index in [9.17, 15) is 0 Å². The van der Waals surface area contributed by atoms with Gasteiger partial charge in [0.1, 0.15) is 0 Å². The fourth-order valence-electron chi connectivity index (χ4n) is 2.60. The van der Waals surface area contributed by atoms with Crippen LogP contribution in [0.3, 0.4) is 0 Å². The highest BCUT2D eigenvalue weighted by atomic mass is 28.3. The molecule has 1 nitrogen and oxygen atoms in total. The monoisotopic (exact) mass is 295 g/mol. The number of rotatable bonds is 8. The smallest absolute Gasteiger partial charge is 0.220 e. The molecule has 2 aromatic rings. The number of allylic oxidation sites excluding steroid dienone is 2. The SMILES string of the molecule is C=CC[Si](CC=C)OC(CC)c1cccc2ccccc12. The van der Waals surface area contributed by atoms with Crippen molar-refractivity contribution in [3.63, 3.8) is 0 Å². The summed E-state index contributed by atoms with van der Waals surface area (Å²) < 4.78 is 6.43. The zero-order valence-electron chi connectivity index (χ0n) is 12.7. The molecular formula is C19H23OSi. The van der Waals surface area contributed by atoms with Gasteiger partial charge in [-0.25, -0.2) is 0 Å². The van der Waals surface area contributed by atoms with E-state index in [1.54, 1.807) is 0 Å². The Kier molecular flexibility index (Phi) is 5.97. The first kappa shape index (κ1) is 15.7. The minimum absolute atomic E-state index is 0.157. The predicted molar refractivity (Wildman–Crippen MR) is 93.8 cm³/mol. The minimum atomic E-state index is -0.908. The van der Waals surface area contributed by atoms with Crippen LogP contribution in [0.25, 0.3) is 10.8 Å². The molecule has 0 heterocycles. The second-order valence-corrected chi connectivity index (χ2v) is 7.24. The molecule has 0 aliphatic carbocycles. The van der Waals surface area contributed by atoms with Crippen LogP contribution >= 0.6 is 0 Å². The van der Waals surface area contributed by atoms with Crippen LogP contribution in [0.4, 0.5) is 0 Å². The molecule has 0 amide bonds. The van der Waals surface area contributed by atoms with Gasteiger partial charge in [-0.15, -0.1) is 13.2 Å². The van der Waals surface area contributed by atoms with Crippen LogP contribution in [0.1, 0.15) is 25.0 Å². The third-order valence-electron chi connectivity index (χ3n) is 3.59. The summed E-state index contributed by atoms with van der Waals surface area (Å²) in [7, 11) is -0.908. The highest BCUT2D eigenvalue weighted by Gasteiger charge is 2.19. The zero-order chi connectivity index (χ0) is 15.1. The van der Waals surface area contributed by atoms with Crippen LogP contribution < -0.4 is 0 Å². The molecule has 2 heteroatoms. The Labute approximate surface area is 129 Å². The Morgan fingerprint density at radius 3 is 2.38 bits per heavy atom. The lowest BCUT2D eigenvalue weighted by Gasteiger charge is -2.23. The van der Waals surface area contributed by atoms with Gasteiger partial charge in [0, 0.05) is 0 Å². The van der Waals surface area contributed by atoms with Crippen molar-refractivity contribution in [3.8, 4) is 0 Å². The van der Waals surface area contributed by atoms with Gasteiger partial charge in [0.15, 0.2) is 0 Å². The first-order chi connectivity index (χ1) is 10.3. The van der Waals surface area contributed by atoms with Gasteiger partial charge in [-0.1, -0.05) is 61.5 Å². The van der Waals surface area contributed by atoms with Gasteiger partial charge in [0.25, 0.3) is 0 Å². The molecule has 2 rings (SSSR count). The van der Waals surface area contributed by atoms with Gasteiger partial charge in [-0.3, -0.25) is 0 Å². The second-order valence-electron chi connectivity index (χ2n) is 5.11. The molecule has 0 saturated carbocycles. The molecule has 1 atom stereocenters. The molecule has 0 aliphatic heterocycles. The zero-order valence-corrected chi connectivity index (χ0v) is 13.7. The van der Waals surface area contributed by atoms with Crippen molar-refractivity contribution in [2.24, 2.45) is 0 Å². The van der Waals surface area contributed by atoms with E-state index in [2.05, 4.69) is 62.5 Å². The molecule has 0 fully saturated rings. The largest absolute Gasteiger partial charge is 0.409 e. The van der Waals surface area contributed by atoms with E-state index < -0.39 is 9.04 Å².